The summed E-state index contributed by atoms with van der Waals surface area (Å²) >= 11 is 4.77. The molecule has 0 aromatic heterocycles. The first-order valence-corrected chi connectivity index (χ1v) is 4.34. The molecule has 1 aliphatic rings. The van der Waals surface area contributed by atoms with Crippen molar-refractivity contribution in [3.8, 4) is 0 Å². The lowest BCUT2D eigenvalue weighted by Gasteiger charge is -1.84. The highest BCUT2D eigenvalue weighted by Gasteiger charge is 1.99. The average Bonchev–Trinajstić information content (AvgIpc) is 1.86. The summed E-state index contributed by atoms with van der Waals surface area (Å²) in [6, 6.07) is 0. The van der Waals surface area contributed by atoms with Crippen LogP contribution in [0.5, 0.6) is 0 Å². The number of hydrogen-bond acceptors (Lipinski definition) is 2. The van der Waals surface area contributed by atoms with Gasteiger partial charge in [0.1, 0.15) is 7.07 Å². The van der Waals surface area contributed by atoms with Gasteiger partial charge in [-0.2, -0.15) is 0 Å². The summed E-state index contributed by atoms with van der Waals surface area (Å²) in [6.07, 6.45) is 0. The van der Waals surface area contributed by atoms with E-state index in [2.05, 4.69) is 5.09 Å². The Morgan fingerprint density at radius 3 is 2.83 bits per heavy atom. The van der Waals surface area contributed by atoms with Gasteiger partial charge in [-0.3, -0.25) is 5.09 Å². The minimum Gasteiger partial charge on any atom is -0.339 e. The van der Waals surface area contributed by atoms with Crippen molar-refractivity contribution in [2.24, 2.45) is 0 Å². The third kappa shape index (κ3) is 1.02. The maximum Gasteiger partial charge on any atom is 0.117 e. The van der Waals surface area contributed by atoms with Gasteiger partial charge in [-0.1, -0.05) is 11.8 Å². The summed E-state index contributed by atoms with van der Waals surface area (Å²) in [5.41, 5.74) is 0. The second-order valence-electron chi connectivity index (χ2n) is 1.06. The third-order valence-electron chi connectivity index (χ3n) is 0.605. The molecule has 0 aliphatic carbocycles. The van der Waals surface area contributed by atoms with Crippen LogP contribution in [0.25, 0.3) is 0 Å². The van der Waals surface area contributed by atoms with Gasteiger partial charge in [-0.25, -0.2) is 0 Å². The smallest absolute Gasteiger partial charge is 0.117 e. The highest BCUT2D eigenvalue weighted by molar-refractivity contribution is 8.02. The van der Waals surface area contributed by atoms with Crippen LogP contribution in [0.3, 0.4) is 0 Å². The Balaban J connectivity index is 2.37. The van der Waals surface area contributed by atoms with E-state index < -0.39 is 7.07 Å². The first-order chi connectivity index (χ1) is 2.89. The van der Waals surface area contributed by atoms with E-state index in [-0.39, 0.29) is 0 Å². The van der Waals surface area contributed by atoms with Gasteiger partial charge >= 0.3 is 0 Å². The fraction of sp³-hybridized carbons (Fsp3) is 1.00. The van der Waals surface area contributed by atoms with E-state index >= 15 is 0 Å². The lowest BCUT2D eigenvalue weighted by molar-refractivity contribution is 0.406. The topological polar surface area (TPSA) is 21.3 Å². The summed E-state index contributed by atoms with van der Waals surface area (Å²) < 4.78 is 4.96. The van der Waals surface area contributed by atoms with Crippen molar-refractivity contribution in [3.63, 3.8) is 0 Å². The van der Waals surface area contributed by atoms with Crippen LogP contribution >= 0.6 is 7.07 Å². The molecule has 0 spiro atoms. The Kier molecular flexibility index (Phi) is 1.60. The molecule has 0 aromatic rings. The lowest BCUT2D eigenvalue weighted by Crippen LogP contribution is -1.96. The summed E-state index contributed by atoms with van der Waals surface area (Å²) in [7, 11) is -0.924. The SMILES string of the molecule is S=[PH]1NCCO1. The molecular formula is C2H6NOPS. The quantitative estimate of drug-likeness (QED) is 0.462. The normalized spacial score (nSPS) is 34.3. The standard InChI is InChI=1S/C2H6NOPS/c6-5-3-1-2-4-5/h5H,1-2H2,(H,3,6). The van der Waals surface area contributed by atoms with E-state index in [1.807, 2.05) is 0 Å². The van der Waals surface area contributed by atoms with Crippen molar-refractivity contribution in [2.75, 3.05) is 13.2 Å². The van der Waals surface area contributed by atoms with Gasteiger partial charge in [-0.05, 0) is 0 Å². The summed E-state index contributed by atoms with van der Waals surface area (Å²) in [4.78, 5) is 0. The van der Waals surface area contributed by atoms with E-state index in [4.69, 9.17) is 16.3 Å². The number of nitrogens with one attached hydrogen (secondary N) is 1. The largest absolute Gasteiger partial charge is 0.339 e. The van der Waals surface area contributed by atoms with Crippen LogP contribution < -0.4 is 5.09 Å². The molecule has 0 radical (unpaired) electrons. The number of rotatable bonds is 0. The summed E-state index contributed by atoms with van der Waals surface area (Å²) in [5.74, 6) is 0. The minimum absolute atomic E-state index is 0.817. The predicted molar refractivity (Wildman–Crippen MR) is 29.6 cm³/mol. The predicted octanol–water partition coefficient (Wildman–Crippen LogP) is 0.112. The van der Waals surface area contributed by atoms with Crippen molar-refractivity contribution in [1.29, 1.82) is 0 Å². The van der Waals surface area contributed by atoms with Crippen LogP contribution in [0.1, 0.15) is 0 Å². The van der Waals surface area contributed by atoms with Crippen molar-refractivity contribution >= 4 is 18.9 Å². The Hall–Kier alpha value is 0.570. The van der Waals surface area contributed by atoms with E-state index in [0.717, 1.165) is 13.2 Å². The van der Waals surface area contributed by atoms with Crippen LogP contribution in [0.4, 0.5) is 0 Å². The zero-order valence-corrected chi connectivity index (χ0v) is 5.05. The molecule has 1 saturated heterocycles. The molecule has 1 rings (SSSR count). The molecule has 1 atom stereocenters. The molecule has 0 amide bonds. The van der Waals surface area contributed by atoms with Crippen molar-refractivity contribution in [3.05, 3.63) is 0 Å². The molecule has 0 saturated carbocycles. The van der Waals surface area contributed by atoms with Crippen molar-refractivity contribution < 1.29 is 4.52 Å². The van der Waals surface area contributed by atoms with Crippen molar-refractivity contribution in [1.82, 2.24) is 5.09 Å². The van der Waals surface area contributed by atoms with Crippen LogP contribution in [-0.2, 0) is 16.3 Å². The molecule has 1 unspecified atom stereocenters. The Morgan fingerprint density at radius 1 is 1.83 bits per heavy atom. The molecular weight excluding hydrogens is 117 g/mol. The van der Waals surface area contributed by atoms with Crippen LogP contribution in [0.15, 0.2) is 0 Å². The average molecular weight is 123 g/mol. The van der Waals surface area contributed by atoms with Gasteiger partial charge in [0.2, 0.25) is 0 Å². The van der Waals surface area contributed by atoms with Crippen molar-refractivity contribution in [2.45, 2.75) is 0 Å². The summed E-state index contributed by atoms with van der Waals surface area (Å²) in [5, 5.41) is 3.01. The Bertz CT molecular complexity index is 67.9. The molecule has 4 heteroatoms. The van der Waals surface area contributed by atoms with Gasteiger partial charge in [0.25, 0.3) is 0 Å². The zero-order chi connectivity index (χ0) is 4.41. The monoisotopic (exact) mass is 123 g/mol. The first kappa shape index (κ1) is 4.72. The molecule has 2 nitrogen and oxygen atoms in total. The molecule has 0 bridgehead atoms. The molecule has 1 fully saturated rings. The summed E-state index contributed by atoms with van der Waals surface area (Å²) in [6.45, 7) is 1.77. The molecule has 36 valence electrons. The van der Waals surface area contributed by atoms with E-state index in [1.54, 1.807) is 0 Å². The lowest BCUT2D eigenvalue weighted by atomic mass is 10.8. The fourth-order valence-corrected chi connectivity index (χ4v) is 1.60. The fourth-order valence-electron chi connectivity index (χ4n) is 0.348. The highest BCUT2D eigenvalue weighted by atomic mass is 32.4. The van der Waals surface area contributed by atoms with E-state index in [1.165, 1.54) is 0 Å². The molecule has 0 aromatic carbocycles. The van der Waals surface area contributed by atoms with Gasteiger partial charge < -0.3 is 4.52 Å². The number of hydrogen-bond donors (Lipinski definition) is 1. The van der Waals surface area contributed by atoms with Gasteiger partial charge in [0.05, 0.1) is 6.61 Å². The Labute approximate surface area is 42.4 Å². The zero-order valence-electron chi connectivity index (χ0n) is 3.23. The van der Waals surface area contributed by atoms with E-state index in [9.17, 15) is 0 Å². The Morgan fingerprint density at radius 2 is 2.67 bits per heavy atom. The molecule has 1 heterocycles. The van der Waals surface area contributed by atoms with Gasteiger partial charge in [0.15, 0.2) is 0 Å². The second kappa shape index (κ2) is 2.03. The first-order valence-electron chi connectivity index (χ1n) is 1.80. The van der Waals surface area contributed by atoms with Gasteiger partial charge in [-0.15, -0.1) is 0 Å². The molecule has 1 aliphatic heterocycles. The van der Waals surface area contributed by atoms with Crippen LogP contribution in [-0.4, -0.2) is 13.2 Å². The van der Waals surface area contributed by atoms with E-state index in [0.29, 0.717) is 0 Å². The highest BCUT2D eigenvalue weighted by Crippen LogP contribution is 2.19. The molecule has 1 N–H and O–H groups in total. The van der Waals surface area contributed by atoms with Gasteiger partial charge in [0, 0.05) is 6.54 Å². The second-order valence-corrected chi connectivity index (χ2v) is 3.39. The van der Waals surface area contributed by atoms with Crippen LogP contribution in [0, 0.1) is 0 Å². The maximum atomic E-state index is 4.96. The third-order valence-corrected chi connectivity index (χ3v) is 2.40. The maximum absolute atomic E-state index is 4.96. The molecule has 6 heavy (non-hydrogen) atoms. The minimum atomic E-state index is -0.924. The van der Waals surface area contributed by atoms with Crippen LogP contribution in [0.2, 0.25) is 0 Å².